The molecular formula is C25H32N2O2. The quantitative estimate of drug-likeness (QED) is 0.692. The van der Waals surface area contributed by atoms with Crippen molar-refractivity contribution in [2.24, 2.45) is 0 Å². The summed E-state index contributed by atoms with van der Waals surface area (Å²) in [5.74, 6) is 1.10. The van der Waals surface area contributed by atoms with E-state index in [-0.39, 0.29) is 5.91 Å². The van der Waals surface area contributed by atoms with E-state index < -0.39 is 0 Å². The van der Waals surface area contributed by atoms with Gasteiger partial charge in [-0.25, -0.2) is 0 Å². The van der Waals surface area contributed by atoms with Crippen LogP contribution in [0.5, 0.6) is 5.75 Å². The molecule has 4 heteroatoms. The molecule has 0 aliphatic carbocycles. The molecular weight excluding hydrogens is 360 g/mol. The van der Waals surface area contributed by atoms with Crippen molar-refractivity contribution in [1.82, 2.24) is 9.80 Å². The topological polar surface area (TPSA) is 32.8 Å². The van der Waals surface area contributed by atoms with Crippen LogP contribution in [0, 0.1) is 0 Å². The molecule has 0 saturated carbocycles. The Morgan fingerprint density at radius 1 is 0.862 bits per heavy atom. The first-order valence-corrected chi connectivity index (χ1v) is 11.1. The molecule has 1 fully saturated rings. The van der Waals surface area contributed by atoms with Crippen molar-refractivity contribution in [1.29, 1.82) is 0 Å². The molecule has 1 amide bonds. The molecule has 0 N–H and O–H groups in total. The fourth-order valence-corrected chi connectivity index (χ4v) is 4.42. The SMILES string of the molecule is O=C(c1ccccc1)N1CCc2ccc(OCCCN3CCCCC3)cc2CC1. The number of nitrogens with zero attached hydrogens (tertiary/aromatic N) is 2. The maximum absolute atomic E-state index is 12.8. The second-order valence-electron chi connectivity index (χ2n) is 8.19. The lowest BCUT2D eigenvalue weighted by molar-refractivity contribution is 0.0763. The molecule has 0 bridgehead atoms. The van der Waals surface area contributed by atoms with Gasteiger partial charge in [0.1, 0.15) is 5.75 Å². The average Bonchev–Trinajstić information content (AvgIpc) is 3.00. The molecule has 2 heterocycles. The fraction of sp³-hybridized carbons (Fsp3) is 0.480. The first-order valence-electron chi connectivity index (χ1n) is 11.1. The van der Waals surface area contributed by atoms with Crippen molar-refractivity contribution in [3.63, 3.8) is 0 Å². The summed E-state index contributed by atoms with van der Waals surface area (Å²) in [6, 6.07) is 16.1. The molecule has 2 aromatic carbocycles. The molecule has 0 radical (unpaired) electrons. The lowest BCUT2D eigenvalue weighted by Gasteiger charge is -2.26. The molecule has 0 atom stereocenters. The van der Waals surface area contributed by atoms with Crippen molar-refractivity contribution in [3.05, 3.63) is 65.2 Å². The van der Waals surface area contributed by atoms with Gasteiger partial charge in [0, 0.05) is 25.2 Å². The number of carbonyl (C=O) groups excluding carboxylic acids is 1. The van der Waals surface area contributed by atoms with Gasteiger partial charge in [0.05, 0.1) is 6.61 Å². The van der Waals surface area contributed by atoms with Crippen LogP contribution in [0.1, 0.15) is 47.2 Å². The van der Waals surface area contributed by atoms with Crippen LogP contribution in [0.2, 0.25) is 0 Å². The predicted octanol–water partition coefficient (Wildman–Crippen LogP) is 4.18. The van der Waals surface area contributed by atoms with Gasteiger partial charge in [-0.3, -0.25) is 4.79 Å². The molecule has 0 spiro atoms. The summed E-state index contributed by atoms with van der Waals surface area (Å²) in [5, 5.41) is 0. The summed E-state index contributed by atoms with van der Waals surface area (Å²) < 4.78 is 6.04. The minimum Gasteiger partial charge on any atom is -0.494 e. The fourth-order valence-electron chi connectivity index (χ4n) is 4.42. The molecule has 154 valence electrons. The van der Waals surface area contributed by atoms with Crippen LogP contribution in [0.4, 0.5) is 0 Å². The minimum atomic E-state index is 0.132. The summed E-state index contributed by atoms with van der Waals surface area (Å²) >= 11 is 0. The number of fused-ring (bicyclic) bond motifs is 1. The van der Waals surface area contributed by atoms with Gasteiger partial charge in [0.2, 0.25) is 0 Å². The lowest BCUT2D eigenvalue weighted by Crippen LogP contribution is -2.33. The number of carbonyl (C=O) groups is 1. The van der Waals surface area contributed by atoms with E-state index in [1.165, 1.54) is 43.5 Å². The Labute approximate surface area is 174 Å². The van der Waals surface area contributed by atoms with Gasteiger partial charge in [0.25, 0.3) is 5.91 Å². The van der Waals surface area contributed by atoms with E-state index in [4.69, 9.17) is 4.74 Å². The Morgan fingerprint density at radius 3 is 2.41 bits per heavy atom. The molecule has 2 aliphatic heterocycles. The standard InChI is InChI=1S/C25H32N2O2/c28-25(22-8-3-1-4-9-22)27-17-12-21-10-11-24(20-23(21)13-18-27)29-19-7-16-26-14-5-2-6-15-26/h1,3-4,8-11,20H,2,5-7,12-19H2. The average molecular weight is 393 g/mol. The van der Waals surface area contributed by atoms with Crippen molar-refractivity contribution in [2.75, 3.05) is 39.3 Å². The van der Waals surface area contributed by atoms with E-state index in [0.29, 0.717) is 0 Å². The van der Waals surface area contributed by atoms with E-state index in [1.54, 1.807) is 0 Å². The molecule has 2 aliphatic rings. The number of likely N-dealkylation sites (tertiary alicyclic amines) is 1. The van der Waals surface area contributed by atoms with E-state index in [1.807, 2.05) is 35.2 Å². The van der Waals surface area contributed by atoms with Crippen LogP contribution in [0.15, 0.2) is 48.5 Å². The minimum absolute atomic E-state index is 0.132. The molecule has 29 heavy (non-hydrogen) atoms. The monoisotopic (exact) mass is 392 g/mol. The third-order valence-electron chi connectivity index (χ3n) is 6.12. The van der Waals surface area contributed by atoms with Crippen LogP contribution in [-0.4, -0.2) is 55.0 Å². The van der Waals surface area contributed by atoms with E-state index >= 15 is 0 Å². The highest BCUT2D eigenvalue weighted by Crippen LogP contribution is 2.23. The Morgan fingerprint density at radius 2 is 1.62 bits per heavy atom. The maximum atomic E-state index is 12.8. The Hall–Kier alpha value is -2.33. The number of hydrogen-bond donors (Lipinski definition) is 0. The first-order chi connectivity index (χ1) is 14.3. The highest BCUT2D eigenvalue weighted by Gasteiger charge is 2.20. The third-order valence-corrected chi connectivity index (χ3v) is 6.12. The smallest absolute Gasteiger partial charge is 0.253 e. The number of piperidine rings is 1. The van der Waals surface area contributed by atoms with E-state index in [0.717, 1.165) is 56.8 Å². The van der Waals surface area contributed by atoms with Crippen LogP contribution in [-0.2, 0) is 12.8 Å². The summed E-state index contributed by atoms with van der Waals surface area (Å²) in [6.45, 7) is 5.94. The highest BCUT2D eigenvalue weighted by molar-refractivity contribution is 5.94. The second-order valence-corrected chi connectivity index (χ2v) is 8.19. The summed E-state index contributed by atoms with van der Waals surface area (Å²) in [6.07, 6.45) is 6.94. The van der Waals surface area contributed by atoms with Crippen molar-refractivity contribution in [3.8, 4) is 5.75 Å². The van der Waals surface area contributed by atoms with Gasteiger partial charge in [0.15, 0.2) is 0 Å². The zero-order valence-electron chi connectivity index (χ0n) is 17.3. The number of hydrogen-bond acceptors (Lipinski definition) is 3. The van der Waals surface area contributed by atoms with Crippen molar-refractivity contribution < 1.29 is 9.53 Å². The largest absolute Gasteiger partial charge is 0.494 e. The van der Waals surface area contributed by atoms with Crippen molar-refractivity contribution >= 4 is 5.91 Å². The molecule has 2 aromatic rings. The molecule has 0 unspecified atom stereocenters. The van der Waals surface area contributed by atoms with Crippen LogP contribution in [0.3, 0.4) is 0 Å². The number of amides is 1. The maximum Gasteiger partial charge on any atom is 0.253 e. The third kappa shape index (κ3) is 5.39. The van der Waals surface area contributed by atoms with Gasteiger partial charge >= 0.3 is 0 Å². The zero-order chi connectivity index (χ0) is 19.9. The van der Waals surface area contributed by atoms with E-state index in [2.05, 4.69) is 23.1 Å². The summed E-state index contributed by atoms with van der Waals surface area (Å²) in [4.78, 5) is 17.3. The van der Waals surface area contributed by atoms with E-state index in [9.17, 15) is 4.79 Å². The molecule has 4 rings (SSSR count). The lowest BCUT2D eigenvalue weighted by atomic mass is 10.0. The molecule has 0 aromatic heterocycles. The van der Waals surface area contributed by atoms with Gasteiger partial charge in [-0.15, -0.1) is 0 Å². The second kappa shape index (κ2) is 9.93. The Kier molecular flexibility index (Phi) is 6.83. The van der Waals surface area contributed by atoms with Gasteiger partial charge < -0.3 is 14.5 Å². The number of ether oxygens (including phenoxy) is 1. The van der Waals surface area contributed by atoms with Crippen LogP contribution in [0.25, 0.3) is 0 Å². The summed E-state index contributed by atoms with van der Waals surface area (Å²) in [5.41, 5.74) is 3.44. The number of rotatable bonds is 6. The normalized spacial score (nSPS) is 17.4. The first kappa shape index (κ1) is 20.0. The van der Waals surface area contributed by atoms with Crippen molar-refractivity contribution in [2.45, 2.75) is 38.5 Å². The van der Waals surface area contributed by atoms with Crippen LogP contribution >= 0.6 is 0 Å². The molecule has 1 saturated heterocycles. The number of benzene rings is 2. The predicted molar refractivity (Wildman–Crippen MR) is 117 cm³/mol. The van der Waals surface area contributed by atoms with Gasteiger partial charge in [-0.1, -0.05) is 30.7 Å². The highest BCUT2D eigenvalue weighted by atomic mass is 16.5. The Balaban J connectivity index is 1.28. The summed E-state index contributed by atoms with van der Waals surface area (Å²) in [7, 11) is 0. The van der Waals surface area contributed by atoms with Gasteiger partial charge in [-0.05, 0) is 80.6 Å². The molecule has 4 nitrogen and oxygen atoms in total. The zero-order valence-corrected chi connectivity index (χ0v) is 17.3. The van der Waals surface area contributed by atoms with Crippen LogP contribution < -0.4 is 4.74 Å². The Bertz CT molecular complexity index is 800. The van der Waals surface area contributed by atoms with Gasteiger partial charge in [-0.2, -0.15) is 0 Å².